The first-order valence-electron chi connectivity index (χ1n) is 9.04. The van der Waals surface area contributed by atoms with Gasteiger partial charge in [0.15, 0.2) is 11.6 Å². The Morgan fingerprint density at radius 2 is 1.88 bits per heavy atom. The zero-order valence-electron chi connectivity index (χ0n) is 14.6. The van der Waals surface area contributed by atoms with Crippen LogP contribution in [0.4, 0.5) is 4.39 Å². The SMILES string of the molecule is Cc1cc(-c2[nH]c3ccc4nccc4c3c3c2CCCC3)cc(F)c1O. The second kappa shape index (κ2) is 5.56. The fourth-order valence-corrected chi connectivity index (χ4v) is 4.31. The summed E-state index contributed by atoms with van der Waals surface area (Å²) in [6.07, 6.45) is 6.15. The molecule has 0 saturated carbocycles. The molecule has 1 aliphatic rings. The Morgan fingerprint density at radius 1 is 1.08 bits per heavy atom. The number of pyridine rings is 1. The van der Waals surface area contributed by atoms with E-state index in [0.717, 1.165) is 41.6 Å². The van der Waals surface area contributed by atoms with E-state index in [1.54, 1.807) is 6.92 Å². The number of hydrogen-bond acceptors (Lipinski definition) is 2. The number of aryl methyl sites for hydroxylation is 2. The molecule has 130 valence electrons. The minimum Gasteiger partial charge on any atom is -0.505 e. The van der Waals surface area contributed by atoms with E-state index in [4.69, 9.17) is 0 Å². The van der Waals surface area contributed by atoms with E-state index in [9.17, 15) is 9.50 Å². The number of phenolic OH excluding ortho intramolecular Hbond substituents is 1. The summed E-state index contributed by atoms with van der Waals surface area (Å²) in [5.74, 6) is -0.846. The summed E-state index contributed by atoms with van der Waals surface area (Å²) in [7, 11) is 0. The first-order valence-corrected chi connectivity index (χ1v) is 9.04. The van der Waals surface area contributed by atoms with Gasteiger partial charge in [-0.3, -0.25) is 4.98 Å². The number of hydrogen-bond donors (Lipinski definition) is 2. The van der Waals surface area contributed by atoms with Crippen LogP contribution in [0.15, 0.2) is 36.5 Å². The third kappa shape index (κ3) is 2.15. The zero-order chi connectivity index (χ0) is 17.8. The van der Waals surface area contributed by atoms with Crippen LogP contribution in [-0.4, -0.2) is 15.1 Å². The lowest BCUT2D eigenvalue weighted by Crippen LogP contribution is -2.08. The van der Waals surface area contributed by atoms with Gasteiger partial charge in [0.25, 0.3) is 0 Å². The van der Waals surface area contributed by atoms with Crippen LogP contribution in [0.25, 0.3) is 33.1 Å². The Hall–Kier alpha value is -2.88. The summed E-state index contributed by atoms with van der Waals surface area (Å²) >= 11 is 0. The lowest BCUT2D eigenvalue weighted by Gasteiger charge is -2.23. The molecule has 0 radical (unpaired) electrons. The summed E-state index contributed by atoms with van der Waals surface area (Å²) in [5.41, 5.74) is 6.98. The molecule has 1 aliphatic carbocycles. The number of halogens is 1. The van der Waals surface area contributed by atoms with Crippen molar-refractivity contribution in [2.75, 3.05) is 0 Å². The van der Waals surface area contributed by atoms with Gasteiger partial charge in [-0.1, -0.05) is 0 Å². The van der Waals surface area contributed by atoms with Crippen LogP contribution in [0.1, 0.15) is 29.5 Å². The minimum absolute atomic E-state index is 0.270. The third-order valence-electron chi connectivity index (χ3n) is 5.55. The van der Waals surface area contributed by atoms with Gasteiger partial charge in [0.1, 0.15) is 0 Å². The van der Waals surface area contributed by atoms with Crippen molar-refractivity contribution in [3.8, 4) is 17.0 Å². The number of aromatic nitrogens is 2. The number of fused-ring (bicyclic) bond motifs is 5. The van der Waals surface area contributed by atoms with Crippen LogP contribution in [0.2, 0.25) is 0 Å². The first-order chi connectivity index (χ1) is 12.6. The molecule has 3 nitrogen and oxygen atoms in total. The van der Waals surface area contributed by atoms with Gasteiger partial charge < -0.3 is 10.1 Å². The van der Waals surface area contributed by atoms with E-state index in [1.807, 2.05) is 18.3 Å². The molecule has 26 heavy (non-hydrogen) atoms. The third-order valence-corrected chi connectivity index (χ3v) is 5.55. The van der Waals surface area contributed by atoms with E-state index in [1.165, 1.54) is 34.4 Å². The van der Waals surface area contributed by atoms with Crippen molar-refractivity contribution in [2.24, 2.45) is 0 Å². The van der Waals surface area contributed by atoms with Crippen molar-refractivity contribution >= 4 is 21.8 Å². The highest BCUT2D eigenvalue weighted by Gasteiger charge is 2.21. The molecule has 2 N–H and O–H groups in total. The number of phenols is 1. The van der Waals surface area contributed by atoms with Crippen LogP contribution in [0, 0.1) is 12.7 Å². The average Bonchev–Trinajstić information content (AvgIpc) is 3.13. The van der Waals surface area contributed by atoms with Gasteiger partial charge in [0, 0.05) is 33.7 Å². The Bertz CT molecular complexity index is 1150. The molecule has 0 amide bonds. The van der Waals surface area contributed by atoms with Crippen molar-refractivity contribution < 1.29 is 9.50 Å². The lowest BCUT2D eigenvalue weighted by atomic mass is 9.85. The number of nitrogens with one attached hydrogen (secondary N) is 1. The van der Waals surface area contributed by atoms with Crippen LogP contribution < -0.4 is 0 Å². The molecular formula is C22H19FN2O. The highest BCUT2D eigenvalue weighted by atomic mass is 19.1. The van der Waals surface area contributed by atoms with Crippen molar-refractivity contribution in [2.45, 2.75) is 32.6 Å². The largest absolute Gasteiger partial charge is 0.505 e. The Kier molecular flexibility index (Phi) is 3.29. The lowest BCUT2D eigenvalue weighted by molar-refractivity contribution is 0.428. The summed E-state index contributed by atoms with van der Waals surface area (Å²) in [4.78, 5) is 7.99. The van der Waals surface area contributed by atoms with E-state index in [2.05, 4.69) is 22.1 Å². The topological polar surface area (TPSA) is 48.9 Å². The Balaban J connectivity index is 1.88. The second-order valence-electron chi connectivity index (χ2n) is 7.15. The number of aromatic hydroxyl groups is 1. The second-order valence-corrected chi connectivity index (χ2v) is 7.15. The van der Waals surface area contributed by atoms with Crippen LogP contribution >= 0.6 is 0 Å². The fraction of sp³-hybridized carbons (Fsp3) is 0.227. The molecule has 0 unspecified atom stereocenters. The molecular weight excluding hydrogens is 327 g/mol. The van der Waals surface area contributed by atoms with Gasteiger partial charge >= 0.3 is 0 Å². The average molecular weight is 346 g/mol. The van der Waals surface area contributed by atoms with Gasteiger partial charge in [-0.2, -0.15) is 0 Å². The van der Waals surface area contributed by atoms with Gasteiger partial charge in [-0.15, -0.1) is 0 Å². The van der Waals surface area contributed by atoms with Crippen molar-refractivity contribution in [3.63, 3.8) is 0 Å². The van der Waals surface area contributed by atoms with Crippen LogP contribution in [0.3, 0.4) is 0 Å². The fourth-order valence-electron chi connectivity index (χ4n) is 4.31. The van der Waals surface area contributed by atoms with E-state index < -0.39 is 5.82 Å². The van der Waals surface area contributed by atoms with E-state index in [-0.39, 0.29) is 5.75 Å². The number of nitrogens with zero attached hydrogens (tertiary/aromatic N) is 1. The highest BCUT2D eigenvalue weighted by Crippen LogP contribution is 2.39. The van der Waals surface area contributed by atoms with Crippen LogP contribution in [0.5, 0.6) is 5.75 Å². The molecule has 0 atom stereocenters. The molecule has 2 heterocycles. The van der Waals surface area contributed by atoms with Crippen molar-refractivity contribution in [1.29, 1.82) is 0 Å². The zero-order valence-corrected chi connectivity index (χ0v) is 14.6. The summed E-state index contributed by atoms with van der Waals surface area (Å²) in [6, 6.07) is 9.44. The predicted molar refractivity (Wildman–Crippen MR) is 102 cm³/mol. The van der Waals surface area contributed by atoms with Gasteiger partial charge in [0.2, 0.25) is 0 Å². The minimum atomic E-state index is -0.575. The van der Waals surface area contributed by atoms with Gasteiger partial charge in [-0.05, 0) is 79.6 Å². The molecule has 4 heteroatoms. The number of rotatable bonds is 1. The number of aromatic amines is 1. The molecule has 5 rings (SSSR count). The molecule has 0 aliphatic heterocycles. The molecule has 0 spiro atoms. The quantitative estimate of drug-likeness (QED) is 0.484. The maximum Gasteiger partial charge on any atom is 0.165 e. The maximum absolute atomic E-state index is 14.2. The summed E-state index contributed by atoms with van der Waals surface area (Å²) in [6.45, 7) is 1.73. The molecule has 0 bridgehead atoms. The van der Waals surface area contributed by atoms with Gasteiger partial charge in [0.05, 0.1) is 5.52 Å². The molecule has 0 saturated heterocycles. The molecule has 0 fully saturated rings. The highest BCUT2D eigenvalue weighted by molar-refractivity contribution is 6.08. The number of H-pyrrole nitrogens is 1. The van der Waals surface area contributed by atoms with Crippen molar-refractivity contribution in [3.05, 3.63) is 59.0 Å². The predicted octanol–water partition coefficient (Wildman–Crippen LogP) is 5.42. The van der Waals surface area contributed by atoms with Crippen LogP contribution in [-0.2, 0) is 12.8 Å². The Labute approximate surface area is 150 Å². The summed E-state index contributed by atoms with van der Waals surface area (Å²) < 4.78 is 14.2. The molecule has 2 aromatic carbocycles. The van der Waals surface area contributed by atoms with E-state index >= 15 is 0 Å². The van der Waals surface area contributed by atoms with Crippen molar-refractivity contribution in [1.82, 2.24) is 9.97 Å². The molecule has 2 aromatic heterocycles. The smallest absolute Gasteiger partial charge is 0.165 e. The van der Waals surface area contributed by atoms with E-state index in [0.29, 0.717) is 5.56 Å². The van der Waals surface area contributed by atoms with Gasteiger partial charge in [-0.25, -0.2) is 4.39 Å². The molecule has 4 aromatic rings. The summed E-state index contributed by atoms with van der Waals surface area (Å²) in [5, 5.41) is 12.2. The monoisotopic (exact) mass is 346 g/mol. The number of benzene rings is 2. The Morgan fingerprint density at radius 3 is 2.69 bits per heavy atom. The maximum atomic E-state index is 14.2. The normalized spacial score (nSPS) is 14.1. The standard InChI is InChI=1S/C22H19FN2O/c1-12-10-13(11-17(23)22(12)26)21-15-5-3-2-4-14(15)20-16-8-9-24-18(16)6-7-19(20)25-21/h6-11,25-26H,2-5H2,1H3. The first kappa shape index (κ1) is 15.4.